The van der Waals surface area contributed by atoms with Gasteiger partial charge >= 0.3 is 0 Å². The molecule has 1 aromatic heterocycles. The van der Waals surface area contributed by atoms with Crippen LogP contribution in [-0.4, -0.2) is 65.0 Å². The number of benzene rings is 1. The fraction of sp³-hybridized carbons (Fsp3) is 0.533. The number of methoxy groups -OCH3 is 1. The molecule has 134 valence electrons. The third kappa shape index (κ3) is 4.28. The Labute approximate surface area is 145 Å². The maximum atomic E-state index is 10.7. The van der Waals surface area contributed by atoms with Gasteiger partial charge in [-0.3, -0.25) is 10.1 Å². The van der Waals surface area contributed by atoms with Crippen LogP contribution in [0.4, 0.5) is 11.4 Å². The lowest BCUT2D eigenvalue weighted by Crippen LogP contribution is -3.13. The van der Waals surface area contributed by atoms with Gasteiger partial charge in [0.1, 0.15) is 6.54 Å². The Morgan fingerprint density at radius 3 is 2.64 bits per heavy atom. The molecule has 0 aliphatic carbocycles. The number of hydrogen-bond acceptors (Lipinski definition) is 7. The van der Waals surface area contributed by atoms with Gasteiger partial charge in [-0.1, -0.05) is 0 Å². The summed E-state index contributed by atoms with van der Waals surface area (Å²) in [6.07, 6.45) is 0. The minimum atomic E-state index is -0.375. The number of tetrazole rings is 1. The van der Waals surface area contributed by atoms with Gasteiger partial charge in [0.05, 0.1) is 44.3 Å². The molecule has 0 amide bonds. The first kappa shape index (κ1) is 17.2. The van der Waals surface area contributed by atoms with Crippen molar-refractivity contribution in [3.8, 4) is 0 Å². The van der Waals surface area contributed by atoms with E-state index in [1.165, 1.54) is 4.90 Å². The second-order valence-corrected chi connectivity index (χ2v) is 6.00. The number of ether oxygens (including phenoxy) is 1. The number of rotatable bonds is 7. The van der Waals surface area contributed by atoms with Gasteiger partial charge in [0.2, 0.25) is 5.82 Å². The summed E-state index contributed by atoms with van der Waals surface area (Å²) in [7, 11) is 1.66. The Bertz CT molecular complexity index is 695. The van der Waals surface area contributed by atoms with Crippen LogP contribution in [0.5, 0.6) is 0 Å². The smallest absolute Gasteiger partial charge is 0.269 e. The average Bonchev–Trinajstić information content (AvgIpc) is 3.07. The van der Waals surface area contributed by atoms with Crippen LogP contribution < -0.4 is 9.80 Å². The van der Waals surface area contributed by atoms with Crippen LogP contribution in [-0.2, 0) is 17.8 Å². The summed E-state index contributed by atoms with van der Waals surface area (Å²) in [5, 5.41) is 22.6. The third-order valence-corrected chi connectivity index (χ3v) is 4.42. The van der Waals surface area contributed by atoms with Gasteiger partial charge in [0, 0.05) is 24.9 Å². The number of nitro groups is 1. The minimum absolute atomic E-state index is 0.121. The first-order chi connectivity index (χ1) is 12.2. The van der Waals surface area contributed by atoms with Crippen LogP contribution in [0.15, 0.2) is 24.3 Å². The van der Waals surface area contributed by atoms with Gasteiger partial charge < -0.3 is 14.5 Å². The Morgan fingerprint density at radius 2 is 2.00 bits per heavy atom. The molecule has 0 radical (unpaired) electrons. The molecule has 0 bridgehead atoms. The molecule has 3 rings (SSSR count). The van der Waals surface area contributed by atoms with E-state index in [0.29, 0.717) is 13.2 Å². The zero-order valence-corrected chi connectivity index (χ0v) is 14.2. The Kier molecular flexibility index (Phi) is 5.51. The van der Waals surface area contributed by atoms with Crippen LogP contribution in [0.3, 0.4) is 0 Å². The van der Waals surface area contributed by atoms with Gasteiger partial charge in [-0.15, -0.1) is 5.10 Å². The van der Waals surface area contributed by atoms with E-state index in [1.807, 2.05) is 12.1 Å². The molecule has 0 spiro atoms. The van der Waals surface area contributed by atoms with Crippen LogP contribution in [0.25, 0.3) is 0 Å². The number of aromatic nitrogens is 4. The minimum Gasteiger partial charge on any atom is -0.383 e. The molecular formula is C15H22N7O3+. The molecule has 1 N–H and O–H groups in total. The summed E-state index contributed by atoms with van der Waals surface area (Å²) in [4.78, 5) is 14.0. The van der Waals surface area contributed by atoms with Gasteiger partial charge in [-0.2, -0.15) is 0 Å². The number of nitrogens with one attached hydrogen (secondary N) is 1. The molecule has 0 unspecified atom stereocenters. The SMILES string of the molecule is COCCn1nnnc1C[NH+]1CCN(c2ccc([N+](=O)[O-])cc2)CC1. The summed E-state index contributed by atoms with van der Waals surface area (Å²) >= 11 is 0. The molecule has 1 aromatic carbocycles. The molecule has 2 aromatic rings. The van der Waals surface area contributed by atoms with Crippen molar-refractivity contribution in [2.45, 2.75) is 13.1 Å². The second kappa shape index (κ2) is 7.99. The fourth-order valence-electron chi connectivity index (χ4n) is 2.97. The summed E-state index contributed by atoms with van der Waals surface area (Å²) in [6, 6.07) is 6.74. The molecule has 0 saturated carbocycles. The van der Waals surface area contributed by atoms with Gasteiger partial charge in [-0.25, -0.2) is 4.68 Å². The van der Waals surface area contributed by atoms with E-state index in [2.05, 4.69) is 20.4 Å². The number of anilines is 1. The Hall–Kier alpha value is -2.59. The van der Waals surface area contributed by atoms with E-state index in [1.54, 1.807) is 23.9 Å². The molecule has 1 fully saturated rings. The summed E-state index contributed by atoms with van der Waals surface area (Å²) in [5.41, 5.74) is 1.14. The first-order valence-electron chi connectivity index (χ1n) is 8.24. The van der Waals surface area contributed by atoms with Crippen molar-refractivity contribution in [1.82, 2.24) is 20.2 Å². The third-order valence-electron chi connectivity index (χ3n) is 4.42. The lowest BCUT2D eigenvalue weighted by molar-refractivity contribution is -0.915. The quantitative estimate of drug-likeness (QED) is 0.512. The van der Waals surface area contributed by atoms with Crippen LogP contribution in [0.2, 0.25) is 0 Å². The molecular weight excluding hydrogens is 326 g/mol. The molecule has 1 saturated heterocycles. The monoisotopic (exact) mass is 348 g/mol. The van der Waals surface area contributed by atoms with Gasteiger partial charge in [0.15, 0.2) is 0 Å². The van der Waals surface area contributed by atoms with Crippen LogP contribution >= 0.6 is 0 Å². The van der Waals surface area contributed by atoms with Crippen molar-refractivity contribution in [2.24, 2.45) is 0 Å². The number of non-ortho nitro benzene ring substituents is 1. The summed E-state index contributed by atoms with van der Waals surface area (Å²) in [6.45, 7) is 5.74. The zero-order valence-electron chi connectivity index (χ0n) is 14.2. The molecule has 1 aliphatic heterocycles. The highest BCUT2D eigenvalue weighted by Gasteiger charge is 2.23. The van der Waals surface area contributed by atoms with Crippen LogP contribution in [0, 0.1) is 10.1 Å². The lowest BCUT2D eigenvalue weighted by Gasteiger charge is -2.33. The standard InChI is InChI=1S/C15H21N7O3/c1-25-11-10-21-15(16-17-18-21)12-19-6-8-20(9-7-19)13-2-4-14(5-3-13)22(23)24/h2-5H,6-12H2,1H3/p+1. The fourth-order valence-corrected chi connectivity index (χ4v) is 2.97. The highest BCUT2D eigenvalue weighted by atomic mass is 16.6. The van der Waals surface area contributed by atoms with E-state index >= 15 is 0 Å². The second-order valence-electron chi connectivity index (χ2n) is 6.00. The largest absolute Gasteiger partial charge is 0.383 e. The maximum absolute atomic E-state index is 10.7. The van der Waals surface area contributed by atoms with Gasteiger partial charge in [-0.05, 0) is 22.6 Å². The Morgan fingerprint density at radius 1 is 1.28 bits per heavy atom. The predicted molar refractivity (Wildman–Crippen MR) is 89.4 cm³/mol. The number of hydrogen-bond donors (Lipinski definition) is 1. The normalized spacial score (nSPS) is 15.5. The maximum Gasteiger partial charge on any atom is 0.269 e. The highest BCUT2D eigenvalue weighted by Crippen LogP contribution is 2.19. The average molecular weight is 348 g/mol. The molecule has 2 heterocycles. The lowest BCUT2D eigenvalue weighted by atomic mass is 10.2. The number of nitrogens with zero attached hydrogens (tertiary/aromatic N) is 6. The number of piperazine rings is 1. The van der Waals surface area contributed by atoms with Crippen molar-refractivity contribution >= 4 is 11.4 Å². The molecule has 10 heteroatoms. The molecule has 10 nitrogen and oxygen atoms in total. The van der Waals surface area contributed by atoms with Crippen LogP contribution in [0.1, 0.15) is 5.82 Å². The first-order valence-corrected chi connectivity index (χ1v) is 8.24. The molecule has 25 heavy (non-hydrogen) atoms. The van der Waals surface area contributed by atoms with E-state index in [0.717, 1.165) is 44.2 Å². The Balaban J connectivity index is 1.53. The summed E-state index contributed by atoms with van der Waals surface area (Å²) < 4.78 is 6.87. The van der Waals surface area contributed by atoms with E-state index in [-0.39, 0.29) is 10.6 Å². The summed E-state index contributed by atoms with van der Waals surface area (Å²) in [5.74, 6) is 0.871. The molecule has 1 aliphatic rings. The molecule has 0 atom stereocenters. The van der Waals surface area contributed by atoms with Crippen molar-refractivity contribution in [2.75, 3.05) is 44.8 Å². The number of nitro benzene ring substituents is 1. The highest BCUT2D eigenvalue weighted by molar-refractivity contribution is 5.50. The van der Waals surface area contributed by atoms with Crippen molar-refractivity contribution in [3.05, 3.63) is 40.2 Å². The van der Waals surface area contributed by atoms with E-state index < -0.39 is 0 Å². The predicted octanol–water partition coefficient (Wildman–Crippen LogP) is -0.867. The van der Waals surface area contributed by atoms with Crippen molar-refractivity contribution < 1.29 is 14.6 Å². The zero-order chi connectivity index (χ0) is 17.6. The van der Waals surface area contributed by atoms with Gasteiger partial charge in [0.25, 0.3) is 5.69 Å². The van der Waals surface area contributed by atoms with Crippen molar-refractivity contribution in [3.63, 3.8) is 0 Å². The van der Waals surface area contributed by atoms with Crippen molar-refractivity contribution in [1.29, 1.82) is 0 Å². The topological polar surface area (TPSA) is 104 Å². The van der Waals surface area contributed by atoms with E-state index in [4.69, 9.17) is 4.74 Å². The van der Waals surface area contributed by atoms with E-state index in [9.17, 15) is 10.1 Å². The number of quaternary nitrogens is 1.